The predicted octanol–water partition coefficient (Wildman–Crippen LogP) is 4.79. The normalized spacial score (nSPS) is 9.90. The van der Waals surface area contributed by atoms with E-state index in [0.717, 1.165) is 0 Å². The number of ether oxygens (including phenoxy) is 4. The number of rotatable bonds is 10. The smallest absolute Gasteiger partial charge is 0.174 e. The van der Waals surface area contributed by atoms with Gasteiger partial charge in [-0.25, -0.2) is 4.39 Å². The van der Waals surface area contributed by atoms with E-state index in [1.165, 1.54) is 0 Å². The fourth-order valence-corrected chi connectivity index (χ4v) is 2.67. The Morgan fingerprint density at radius 3 is 1.29 bits per heavy atom. The second-order valence-corrected chi connectivity index (χ2v) is 6.30. The monoisotopic (exact) mass is 418 g/mol. The van der Waals surface area contributed by atoms with Crippen LogP contribution in [0.5, 0.6) is 23.0 Å². The van der Waals surface area contributed by atoms with Gasteiger partial charge in [-0.1, -0.05) is 18.2 Å². The number of hydrogen-bond acceptors (Lipinski definition) is 6. The van der Waals surface area contributed by atoms with Crippen molar-refractivity contribution in [1.29, 1.82) is 10.5 Å². The Balaban J connectivity index is 1.56. The minimum Gasteiger partial charge on any atom is -0.489 e. The third-order valence-corrected chi connectivity index (χ3v) is 4.20. The zero-order valence-electron chi connectivity index (χ0n) is 16.6. The van der Waals surface area contributed by atoms with Gasteiger partial charge in [-0.05, 0) is 48.5 Å². The summed E-state index contributed by atoms with van der Waals surface area (Å²) < 4.78 is 36.5. The largest absolute Gasteiger partial charge is 0.489 e. The van der Waals surface area contributed by atoms with Gasteiger partial charge in [0.15, 0.2) is 13.2 Å². The van der Waals surface area contributed by atoms with Crippen LogP contribution in [0.15, 0.2) is 66.7 Å². The summed E-state index contributed by atoms with van der Waals surface area (Å²) in [6.45, 7) is 0.0603. The van der Waals surface area contributed by atoms with Gasteiger partial charge < -0.3 is 18.9 Å². The van der Waals surface area contributed by atoms with Crippen molar-refractivity contribution in [3.05, 3.63) is 83.7 Å². The van der Waals surface area contributed by atoms with Crippen LogP contribution in [0.2, 0.25) is 0 Å². The Labute approximate surface area is 179 Å². The molecule has 0 amide bonds. The highest BCUT2D eigenvalue weighted by Gasteiger charge is 2.10. The lowest BCUT2D eigenvalue weighted by Gasteiger charge is -2.12. The van der Waals surface area contributed by atoms with E-state index in [-0.39, 0.29) is 32.2 Å². The molecule has 0 heterocycles. The molecule has 0 aliphatic heterocycles. The number of hydrogen-bond donors (Lipinski definition) is 0. The molecule has 0 saturated heterocycles. The highest BCUT2D eigenvalue weighted by molar-refractivity contribution is 5.33. The number of halogens is 1. The quantitative estimate of drug-likeness (QED) is 0.471. The van der Waals surface area contributed by atoms with Crippen LogP contribution in [0, 0.1) is 28.5 Å². The first-order valence-corrected chi connectivity index (χ1v) is 9.41. The molecule has 0 spiro atoms. The zero-order chi connectivity index (χ0) is 21.9. The highest BCUT2D eigenvalue weighted by Crippen LogP contribution is 2.22. The van der Waals surface area contributed by atoms with Gasteiger partial charge in [0.1, 0.15) is 54.2 Å². The number of benzene rings is 3. The maximum absolute atomic E-state index is 14.8. The molecule has 156 valence electrons. The molecule has 0 aliphatic rings. The summed E-state index contributed by atoms with van der Waals surface area (Å²) in [4.78, 5) is 0. The average molecular weight is 418 g/mol. The fraction of sp³-hybridized carbons (Fsp3) is 0.167. The molecule has 7 heteroatoms. The van der Waals surface area contributed by atoms with Crippen LogP contribution in [0.1, 0.15) is 11.1 Å². The number of nitrogens with zero attached hydrogens (tertiary/aromatic N) is 2. The fourth-order valence-electron chi connectivity index (χ4n) is 2.67. The van der Waals surface area contributed by atoms with E-state index in [9.17, 15) is 4.39 Å². The molecule has 0 atom stereocenters. The third-order valence-electron chi connectivity index (χ3n) is 4.20. The Bertz CT molecular complexity index is 987. The Morgan fingerprint density at radius 2 is 0.935 bits per heavy atom. The van der Waals surface area contributed by atoms with Crippen molar-refractivity contribution in [2.24, 2.45) is 0 Å². The van der Waals surface area contributed by atoms with Gasteiger partial charge in [0, 0.05) is 11.1 Å². The maximum Gasteiger partial charge on any atom is 0.174 e. The van der Waals surface area contributed by atoms with Crippen molar-refractivity contribution in [3.63, 3.8) is 0 Å². The first-order chi connectivity index (χ1) is 15.2. The molecule has 3 aromatic rings. The minimum absolute atomic E-state index is 0.0284. The Hall–Kier alpha value is -4.23. The maximum atomic E-state index is 14.8. The van der Waals surface area contributed by atoms with Gasteiger partial charge >= 0.3 is 0 Å². The van der Waals surface area contributed by atoms with E-state index in [2.05, 4.69) is 0 Å². The van der Waals surface area contributed by atoms with Crippen molar-refractivity contribution in [1.82, 2.24) is 0 Å². The lowest BCUT2D eigenvalue weighted by molar-refractivity contribution is 0.287. The van der Waals surface area contributed by atoms with Gasteiger partial charge in [0.2, 0.25) is 0 Å². The molecular weight excluding hydrogens is 399 g/mol. The average Bonchev–Trinajstić information content (AvgIpc) is 2.81. The minimum atomic E-state index is -0.384. The van der Waals surface area contributed by atoms with Crippen molar-refractivity contribution < 1.29 is 23.3 Å². The van der Waals surface area contributed by atoms with Gasteiger partial charge in [0.25, 0.3) is 0 Å². The van der Waals surface area contributed by atoms with E-state index < -0.39 is 0 Å². The molecule has 0 unspecified atom stereocenters. The molecule has 0 aromatic heterocycles. The van der Waals surface area contributed by atoms with Crippen LogP contribution < -0.4 is 18.9 Å². The van der Waals surface area contributed by atoms with Crippen LogP contribution >= 0.6 is 0 Å². The molecule has 3 aromatic carbocycles. The molecule has 31 heavy (non-hydrogen) atoms. The zero-order valence-corrected chi connectivity index (χ0v) is 16.6. The van der Waals surface area contributed by atoms with Crippen LogP contribution in [0.3, 0.4) is 0 Å². The van der Waals surface area contributed by atoms with Crippen LogP contribution in [0.25, 0.3) is 0 Å². The van der Waals surface area contributed by atoms with Crippen LogP contribution in [0.4, 0.5) is 4.39 Å². The summed E-state index contributed by atoms with van der Waals surface area (Å²) in [5.74, 6) is 1.85. The highest BCUT2D eigenvalue weighted by atomic mass is 19.1. The van der Waals surface area contributed by atoms with E-state index in [1.807, 2.05) is 12.1 Å². The second kappa shape index (κ2) is 11.1. The van der Waals surface area contributed by atoms with E-state index in [0.29, 0.717) is 34.1 Å². The third kappa shape index (κ3) is 6.38. The van der Waals surface area contributed by atoms with E-state index >= 15 is 0 Å². The summed E-state index contributed by atoms with van der Waals surface area (Å²) in [6.07, 6.45) is 0. The molecule has 0 aliphatic carbocycles. The predicted molar refractivity (Wildman–Crippen MR) is 110 cm³/mol. The van der Waals surface area contributed by atoms with Crippen LogP contribution in [-0.2, 0) is 13.2 Å². The second-order valence-electron chi connectivity index (χ2n) is 6.30. The SMILES string of the molecule is N#CCOc1ccc(OCc2cccc(COc3ccc(OCC#N)cc3)c2F)cc1. The lowest BCUT2D eigenvalue weighted by Crippen LogP contribution is -2.04. The molecule has 6 nitrogen and oxygen atoms in total. The van der Waals surface area contributed by atoms with Gasteiger partial charge in [-0.2, -0.15) is 10.5 Å². The topological polar surface area (TPSA) is 84.5 Å². The molecule has 0 fully saturated rings. The summed E-state index contributed by atoms with van der Waals surface area (Å²) >= 11 is 0. The first-order valence-electron chi connectivity index (χ1n) is 9.41. The van der Waals surface area contributed by atoms with Gasteiger partial charge in [-0.3, -0.25) is 0 Å². The molecular formula is C24H19FN2O4. The lowest BCUT2D eigenvalue weighted by atomic mass is 10.1. The first kappa shape index (κ1) is 21.5. The van der Waals surface area contributed by atoms with Gasteiger partial charge in [0.05, 0.1) is 0 Å². The van der Waals surface area contributed by atoms with Gasteiger partial charge in [-0.15, -0.1) is 0 Å². The summed E-state index contributed by atoms with van der Waals surface area (Å²) in [7, 11) is 0. The Morgan fingerprint density at radius 1 is 0.581 bits per heavy atom. The molecule has 3 rings (SSSR count). The summed E-state index contributed by atoms with van der Waals surface area (Å²) in [5, 5.41) is 17.0. The summed E-state index contributed by atoms with van der Waals surface area (Å²) in [6, 6.07) is 22.4. The molecule has 0 radical (unpaired) electrons. The molecule has 0 N–H and O–H groups in total. The van der Waals surface area contributed by atoms with Crippen molar-refractivity contribution in [3.8, 4) is 35.1 Å². The van der Waals surface area contributed by atoms with Crippen molar-refractivity contribution in [2.45, 2.75) is 13.2 Å². The Kier molecular flexibility index (Phi) is 7.68. The van der Waals surface area contributed by atoms with E-state index in [4.69, 9.17) is 29.5 Å². The van der Waals surface area contributed by atoms with Crippen LogP contribution in [-0.4, -0.2) is 13.2 Å². The number of nitriles is 2. The standard InChI is InChI=1S/C24H19FN2O4/c25-24-18(16-30-22-8-4-20(5-9-22)28-14-12-26)2-1-3-19(24)17-31-23-10-6-21(7-11-23)29-15-13-27/h1-11H,14-17H2. The van der Waals surface area contributed by atoms with Crippen molar-refractivity contribution >= 4 is 0 Å². The molecule has 0 bridgehead atoms. The van der Waals surface area contributed by atoms with E-state index in [1.54, 1.807) is 66.7 Å². The summed E-state index contributed by atoms with van der Waals surface area (Å²) in [5.41, 5.74) is 0.817. The molecule has 0 saturated carbocycles. The van der Waals surface area contributed by atoms with Crippen molar-refractivity contribution in [2.75, 3.05) is 13.2 Å².